The van der Waals surface area contributed by atoms with Gasteiger partial charge in [-0.3, -0.25) is 4.79 Å². The quantitative estimate of drug-likeness (QED) is 0.393. The maximum absolute atomic E-state index is 13.9. The van der Waals surface area contributed by atoms with Crippen molar-refractivity contribution in [3.63, 3.8) is 0 Å². The van der Waals surface area contributed by atoms with Crippen LogP contribution in [0.25, 0.3) is 5.57 Å². The number of benzene rings is 2. The van der Waals surface area contributed by atoms with E-state index in [0.717, 1.165) is 17.4 Å². The molecule has 0 unspecified atom stereocenters. The van der Waals surface area contributed by atoms with Gasteiger partial charge in [0, 0.05) is 23.0 Å². The number of carbonyl (C=O) groups is 1. The highest BCUT2D eigenvalue weighted by Gasteiger charge is 2.34. The molecule has 38 heavy (non-hydrogen) atoms. The van der Waals surface area contributed by atoms with Crippen LogP contribution in [0.1, 0.15) is 47.3 Å². The number of aromatic nitrogens is 1. The van der Waals surface area contributed by atoms with Crippen LogP contribution in [0.15, 0.2) is 46.6 Å². The third kappa shape index (κ3) is 5.53. The van der Waals surface area contributed by atoms with Crippen molar-refractivity contribution in [1.82, 2.24) is 4.98 Å². The Morgan fingerprint density at radius 3 is 2.61 bits per heavy atom. The smallest absolute Gasteiger partial charge is 0.416 e. The molecule has 5 rings (SSSR count). The monoisotopic (exact) mass is 562 g/mol. The Morgan fingerprint density at radius 2 is 1.89 bits per heavy atom. The first-order chi connectivity index (χ1) is 18.1. The number of carboxylic acid groups (broad SMARTS) is 1. The number of thiazole rings is 1. The minimum atomic E-state index is -4.62. The first-order valence-corrected chi connectivity index (χ1v) is 13.1. The molecule has 2 aromatic carbocycles. The summed E-state index contributed by atoms with van der Waals surface area (Å²) in [6, 6.07) is 8.86. The van der Waals surface area contributed by atoms with Gasteiger partial charge in [-0.15, -0.1) is 0 Å². The van der Waals surface area contributed by atoms with Gasteiger partial charge >= 0.3 is 12.1 Å². The van der Waals surface area contributed by atoms with Crippen molar-refractivity contribution in [2.24, 2.45) is 16.1 Å². The predicted octanol–water partition coefficient (Wildman–Crippen LogP) is 4.99. The molecule has 7 nitrogen and oxygen atoms in total. The van der Waals surface area contributed by atoms with Crippen molar-refractivity contribution in [2.75, 3.05) is 5.32 Å². The van der Waals surface area contributed by atoms with Gasteiger partial charge in [-0.1, -0.05) is 35.1 Å². The van der Waals surface area contributed by atoms with Gasteiger partial charge in [-0.25, -0.2) is 0 Å². The van der Waals surface area contributed by atoms with E-state index in [2.05, 4.69) is 20.5 Å². The number of rotatable bonds is 6. The molecule has 12 heteroatoms. The molecule has 0 saturated heterocycles. The van der Waals surface area contributed by atoms with E-state index in [1.807, 2.05) is 0 Å². The summed E-state index contributed by atoms with van der Waals surface area (Å²) in [6.07, 6.45) is -0.857. The Hall–Kier alpha value is -3.44. The van der Waals surface area contributed by atoms with E-state index in [0.29, 0.717) is 57.4 Å². The van der Waals surface area contributed by atoms with Crippen LogP contribution in [0.5, 0.6) is 5.88 Å². The number of nitrogens with one attached hydrogen (secondary N) is 1. The van der Waals surface area contributed by atoms with Crippen molar-refractivity contribution in [3.05, 3.63) is 73.6 Å². The second-order valence-electron chi connectivity index (χ2n) is 9.28. The van der Waals surface area contributed by atoms with E-state index < -0.39 is 17.7 Å². The van der Waals surface area contributed by atoms with Gasteiger partial charge in [0.05, 0.1) is 27.9 Å². The Balaban J connectivity index is 1.54. The summed E-state index contributed by atoms with van der Waals surface area (Å²) in [6.45, 7) is 0. The van der Waals surface area contributed by atoms with Crippen LogP contribution < -0.4 is 15.9 Å². The van der Waals surface area contributed by atoms with E-state index in [1.54, 1.807) is 24.4 Å². The molecule has 2 aliphatic rings. The molecule has 1 aliphatic heterocycles. The fourth-order valence-corrected chi connectivity index (χ4v) is 5.96. The molecular formula is C26H22ClF3N4O3S. The number of nitrogens with zero attached hydrogens (tertiary/aromatic N) is 3. The molecule has 1 saturated carbocycles. The zero-order valence-electron chi connectivity index (χ0n) is 19.8. The maximum atomic E-state index is 13.9. The number of anilines is 1. The standard InChI is InChI=1S/C26H22ClF3N4O3S/c27-17-5-1-15(20(11-17)26(28,29)30)10-19(14-4-8-21-16(9-14)12-31-34-21)22-23(35)33-25(38-22)32-18-6-2-13(3-7-18)24(36)37/h1,4-5,8-9,11-13,18,35H,2-3,6-7,10H2,(H,32,33)(H,36,37). The molecule has 2 heterocycles. The fourth-order valence-electron chi connectivity index (χ4n) is 4.79. The number of alkyl halides is 3. The summed E-state index contributed by atoms with van der Waals surface area (Å²) in [5.74, 6) is -1.47. The minimum Gasteiger partial charge on any atom is -0.492 e. The summed E-state index contributed by atoms with van der Waals surface area (Å²) >= 11 is 7.03. The average molecular weight is 563 g/mol. The van der Waals surface area contributed by atoms with Gasteiger partial charge < -0.3 is 15.5 Å². The first-order valence-electron chi connectivity index (χ1n) is 11.9. The molecule has 0 spiro atoms. The molecule has 1 aliphatic carbocycles. The van der Waals surface area contributed by atoms with E-state index in [4.69, 9.17) is 11.6 Å². The van der Waals surface area contributed by atoms with Crippen molar-refractivity contribution < 1.29 is 28.2 Å². The second-order valence-corrected chi connectivity index (χ2v) is 10.7. The Kier molecular flexibility index (Phi) is 7.15. The average Bonchev–Trinajstić information content (AvgIpc) is 3.48. The van der Waals surface area contributed by atoms with E-state index in [-0.39, 0.29) is 34.8 Å². The molecule has 0 radical (unpaired) electrons. The van der Waals surface area contributed by atoms with Crippen LogP contribution in [0.4, 0.5) is 18.3 Å². The van der Waals surface area contributed by atoms with Crippen molar-refractivity contribution in [1.29, 1.82) is 0 Å². The molecule has 1 aromatic heterocycles. The van der Waals surface area contributed by atoms with Crippen LogP contribution in [-0.2, 0) is 17.4 Å². The molecule has 3 N–H and O–H groups in total. The Labute approximate surface area is 224 Å². The highest BCUT2D eigenvalue weighted by molar-refractivity contribution is 7.17. The van der Waals surface area contributed by atoms with Crippen LogP contribution in [0.2, 0.25) is 5.02 Å². The van der Waals surface area contributed by atoms with Gasteiger partial charge in [-0.2, -0.15) is 28.4 Å². The highest BCUT2D eigenvalue weighted by atomic mass is 35.5. The third-order valence-electron chi connectivity index (χ3n) is 6.77. The lowest BCUT2D eigenvalue weighted by Gasteiger charge is -2.26. The van der Waals surface area contributed by atoms with E-state index in [9.17, 15) is 28.2 Å². The molecule has 1 fully saturated rings. The molecule has 198 valence electrons. The van der Waals surface area contributed by atoms with Crippen molar-refractivity contribution >= 4 is 45.8 Å². The number of hydrogen-bond acceptors (Lipinski definition) is 7. The number of hydrogen-bond donors (Lipinski definition) is 3. The van der Waals surface area contributed by atoms with Crippen LogP contribution >= 0.6 is 22.9 Å². The number of fused-ring (bicyclic) bond motifs is 1. The number of aliphatic carboxylic acids is 1. The van der Waals surface area contributed by atoms with Crippen LogP contribution in [0, 0.1) is 5.92 Å². The maximum Gasteiger partial charge on any atom is 0.416 e. The van der Waals surface area contributed by atoms with Crippen molar-refractivity contribution in [3.8, 4) is 5.88 Å². The van der Waals surface area contributed by atoms with Gasteiger partial charge in [-0.05, 0) is 66.3 Å². The molecule has 0 bridgehead atoms. The molecule has 3 aromatic rings. The molecular weight excluding hydrogens is 541 g/mol. The third-order valence-corrected chi connectivity index (χ3v) is 8.04. The SMILES string of the molecule is O=C(O)C1CCC(Nc2nc(O)c(C(Cc3ccc(Cl)cc3C(F)(F)F)=c3ccc4c(c3)C=NN=4)s2)CC1. The Morgan fingerprint density at radius 1 is 1.13 bits per heavy atom. The second kappa shape index (κ2) is 10.4. The Bertz CT molecular complexity index is 1550. The van der Waals surface area contributed by atoms with Gasteiger partial charge in [0.15, 0.2) is 5.13 Å². The minimum absolute atomic E-state index is 0.00468. The lowest BCUT2D eigenvalue weighted by atomic mass is 9.86. The molecule has 0 atom stereocenters. The number of aromatic hydroxyl groups is 1. The summed E-state index contributed by atoms with van der Waals surface area (Å²) in [4.78, 5) is 15.8. The zero-order valence-corrected chi connectivity index (χ0v) is 21.4. The number of carboxylic acids is 1. The fraction of sp³-hybridized carbons (Fsp3) is 0.308. The normalized spacial score (nSPS) is 19.6. The van der Waals surface area contributed by atoms with E-state index >= 15 is 0 Å². The number of halogens is 4. The van der Waals surface area contributed by atoms with Gasteiger partial charge in [0.1, 0.15) is 0 Å². The zero-order chi connectivity index (χ0) is 27.0. The lowest BCUT2D eigenvalue weighted by Crippen LogP contribution is -2.29. The predicted molar refractivity (Wildman–Crippen MR) is 138 cm³/mol. The molecule has 0 amide bonds. The van der Waals surface area contributed by atoms with Gasteiger partial charge in [0.25, 0.3) is 0 Å². The first kappa shape index (κ1) is 26.2. The highest BCUT2D eigenvalue weighted by Crippen LogP contribution is 2.39. The van der Waals surface area contributed by atoms with Crippen LogP contribution in [0.3, 0.4) is 0 Å². The van der Waals surface area contributed by atoms with E-state index in [1.165, 1.54) is 12.1 Å². The van der Waals surface area contributed by atoms with Gasteiger partial charge in [0.2, 0.25) is 5.88 Å². The topological polar surface area (TPSA) is 107 Å². The summed E-state index contributed by atoms with van der Waals surface area (Å²) < 4.78 is 41.6. The summed E-state index contributed by atoms with van der Waals surface area (Å²) in [7, 11) is 0. The van der Waals surface area contributed by atoms with Crippen molar-refractivity contribution in [2.45, 2.75) is 44.3 Å². The summed E-state index contributed by atoms with van der Waals surface area (Å²) in [5, 5.41) is 32.8. The largest absolute Gasteiger partial charge is 0.492 e. The summed E-state index contributed by atoms with van der Waals surface area (Å²) in [5.41, 5.74) is 0.325. The van der Waals surface area contributed by atoms with Crippen LogP contribution in [-0.4, -0.2) is 33.4 Å². The lowest BCUT2D eigenvalue weighted by molar-refractivity contribution is -0.142.